The van der Waals surface area contributed by atoms with Gasteiger partial charge in [0.2, 0.25) is 5.88 Å². The number of piperidine rings is 1. The molecule has 9 heteroatoms. The molecule has 202 valence electrons. The van der Waals surface area contributed by atoms with Crippen LogP contribution in [0.25, 0.3) is 5.57 Å². The molecular weight excluding hydrogens is 518 g/mol. The normalized spacial score (nSPS) is 17.5. The first-order valence-corrected chi connectivity index (χ1v) is 13.2. The van der Waals surface area contributed by atoms with Crippen LogP contribution in [-0.2, 0) is 16.8 Å². The monoisotopic (exact) mass is 547 g/mol. The first-order chi connectivity index (χ1) is 18.8. The van der Waals surface area contributed by atoms with Crippen molar-refractivity contribution in [3.63, 3.8) is 0 Å². The highest BCUT2D eigenvalue weighted by Gasteiger charge is 2.33. The van der Waals surface area contributed by atoms with Crippen molar-refractivity contribution in [2.45, 2.75) is 31.3 Å². The third kappa shape index (κ3) is 5.68. The van der Waals surface area contributed by atoms with Crippen molar-refractivity contribution in [1.29, 1.82) is 0 Å². The number of nitrogens with zero attached hydrogens (tertiary/aromatic N) is 2. The number of primary amides is 1. The molecule has 2 aliphatic rings. The predicted molar refractivity (Wildman–Crippen MR) is 148 cm³/mol. The first-order valence-electron chi connectivity index (χ1n) is 12.9. The number of fused-ring (bicyclic) bond motifs is 2. The summed E-state index contributed by atoms with van der Waals surface area (Å²) in [7, 11) is 1.35. The highest BCUT2D eigenvalue weighted by atomic mass is 35.5. The van der Waals surface area contributed by atoms with Crippen LogP contribution in [0.1, 0.15) is 56.8 Å². The smallest absolute Gasteiger partial charge is 0.338 e. The average Bonchev–Trinajstić information content (AvgIpc) is 3.10. The van der Waals surface area contributed by atoms with E-state index in [0.29, 0.717) is 41.2 Å². The van der Waals surface area contributed by atoms with E-state index < -0.39 is 17.5 Å². The molecule has 1 saturated heterocycles. The molecule has 0 unspecified atom stereocenters. The van der Waals surface area contributed by atoms with Crippen molar-refractivity contribution in [1.82, 2.24) is 9.88 Å². The van der Waals surface area contributed by atoms with Crippen molar-refractivity contribution in [2.24, 2.45) is 5.73 Å². The molecule has 2 aromatic carbocycles. The van der Waals surface area contributed by atoms with E-state index >= 15 is 0 Å². The maximum Gasteiger partial charge on any atom is 0.338 e. The van der Waals surface area contributed by atoms with Gasteiger partial charge in [-0.3, -0.25) is 4.79 Å². The molecule has 0 saturated carbocycles. The topological polar surface area (TPSA) is 115 Å². The summed E-state index contributed by atoms with van der Waals surface area (Å²) in [4.78, 5) is 31.0. The third-order valence-electron chi connectivity index (χ3n) is 7.47. The van der Waals surface area contributed by atoms with E-state index in [1.165, 1.54) is 7.11 Å². The van der Waals surface area contributed by atoms with Crippen molar-refractivity contribution in [3.05, 3.63) is 93.6 Å². The highest BCUT2D eigenvalue weighted by Crippen LogP contribution is 2.40. The van der Waals surface area contributed by atoms with E-state index in [1.54, 1.807) is 30.3 Å². The number of aromatic nitrogens is 1. The second-order valence-electron chi connectivity index (χ2n) is 9.86. The lowest BCUT2D eigenvalue weighted by Crippen LogP contribution is -2.42. The molecule has 3 aromatic rings. The van der Waals surface area contributed by atoms with Gasteiger partial charge in [0.15, 0.2) is 0 Å². The van der Waals surface area contributed by atoms with Crippen LogP contribution in [0.3, 0.4) is 0 Å². The Morgan fingerprint density at radius 2 is 1.90 bits per heavy atom. The molecule has 8 nitrogen and oxygen atoms in total. The van der Waals surface area contributed by atoms with Crippen LogP contribution in [0.15, 0.2) is 60.7 Å². The molecular formula is C30H30ClN3O5. The Labute approximate surface area is 232 Å². The summed E-state index contributed by atoms with van der Waals surface area (Å²) in [5.74, 6) is -0.352. The molecule has 1 amide bonds. The molecule has 0 bridgehead atoms. The summed E-state index contributed by atoms with van der Waals surface area (Å²) in [5.41, 5.74) is 8.38. The number of carbonyl (C=O) groups excluding carboxylic acids is 2. The number of hydrogen-bond donors (Lipinski definition) is 2. The number of allylic oxidation sites excluding steroid dienone is 1. The average molecular weight is 548 g/mol. The Morgan fingerprint density at radius 3 is 2.59 bits per heavy atom. The zero-order chi connectivity index (χ0) is 27.6. The van der Waals surface area contributed by atoms with Crippen molar-refractivity contribution in [2.75, 3.05) is 26.7 Å². The molecule has 0 radical (unpaired) electrons. The van der Waals surface area contributed by atoms with E-state index in [1.807, 2.05) is 24.3 Å². The largest absolute Gasteiger partial charge is 0.465 e. The molecule has 5 rings (SSSR count). The summed E-state index contributed by atoms with van der Waals surface area (Å²) in [6.07, 6.45) is 4.56. The van der Waals surface area contributed by atoms with Crippen LogP contribution in [0.4, 0.5) is 0 Å². The first kappa shape index (κ1) is 26.9. The zero-order valence-corrected chi connectivity index (χ0v) is 22.4. The minimum atomic E-state index is -0.852. The molecule has 1 aromatic heterocycles. The number of methoxy groups -OCH3 is 1. The van der Waals surface area contributed by atoms with Gasteiger partial charge in [0.1, 0.15) is 11.4 Å². The molecule has 39 heavy (non-hydrogen) atoms. The van der Waals surface area contributed by atoms with Gasteiger partial charge in [0.25, 0.3) is 5.91 Å². The van der Waals surface area contributed by atoms with E-state index in [-0.39, 0.29) is 11.6 Å². The highest BCUT2D eigenvalue weighted by molar-refractivity contribution is 6.30. The van der Waals surface area contributed by atoms with Crippen LogP contribution in [0.5, 0.6) is 11.6 Å². The van der Waals surface area contributed by atoms with Gasteiger partial charge < -0.3 is 25.2 Å². The third-order valence-corrected chi connectivity index (χ3v) is 7.72. The van der Waals surface area contributed by atoms with Gasteiger partial charge in [-0.05, 0) is 66.8 Å². The van der Waals surface area contributed by atoms with Crippen LogP contribution in [0, 0.1) is 0 Å². The number of amides is 1. The molecule has 0 spiro atoms. The summed E-state index contributed by atoms with van der Waals surface area (Å²) in [5, 5.41) is 11.8. The number of aliphatic hydroxyl groups is 1. The van der Waals surface area contributed by atoms with Crippen molar-refractivity contribution < 1.29 is 24.2 Å². The van der Waals surface area contributed by atoms with Gasteiger partial charge in [-0.15, -0.1) is 0 Å². The second kappa shape index (κ2) is 11.2. The van der Waals surface area contributed by atoms with Crippen molar-refractivity contribution >= 4 is 29.1 Å². The number of likely N-dealkylation sites (tertiary alicyclic amines) is 1. The van der Waals surface area contributed by atoms with E-state index in [2.05, 4.69) is 16.0 Å². The Bertz CT molecular complexity index is 1430. The molecule has 0 atom stereocenters. The lowest BCUT2D eigenvalue weighted by Gasteiger charge is -2.38. The predicted octanol–water partition coefficient (Wildman–Crippen LogP) is 4.73. The van der Waals surface area contributed by atoms with Crippen LogP contribution < -0.4 is 10.5 Å². The van der Waals surface area contributed by atoms with Crippen molar-refractivity contribution in [3.8, 4) is 11.6 Å². The number of benzene rings is 2. The van der Waals surface area contributed by atoms with Crippen LogP contribution in [0.2, 0.25) is 5.02 Å². The fourth-order valence-electron chi connectivity index (χ4n) is 5.23. The second-order valence-corrected chi connectivity index (χ2v) is 10.3. The minimum Gasteiger partial charge on any atom is -0.465 e. The molecule has 3 N–H and O–H groups in total. The Hall–Kier alpha value is -3.72. The molecule has 2 aliphatic heterocycles. The summed E-state index contributed by atoms with van der Waals surface area (Å²) < 4.78 is 11.1. The maximum atomic E-state index is 12.5. The quantitative estimate of drug-likeness (QED) is 0.429. The number of carbonyl (C=O) groups is 2. The lowest BCUT2D eigenvalue weighted by atomic mass is 9.84. The van der Waals surface area contributed by atoms with Gasteiger partial charge in [-0.1, -0.05) is 35.9 Å². The number of pyridine rings is 1. The molecule has 1 fully saturated rings. The van der Waals surface area contributed by atoms with Gasteiger partial charge in [0, 0.05) is 42.2 Å². The lowest BCUT2D eigenvalue weighted by molar-refractivity contribution is -0.0254. The van der Waals surface area contributed by atoms with E-state index in [4.69, 9.17) is 26.8 Å². The number of halogens is 1. The molecule has 0 aliphatic carbocycles. The summed E-state index contributed by atoms with van der Waals surface area (Å²) in [6, 6.07) is 16.0. The Kier molecular flexibility index (Phi) is 7.70. The fraction of sp³-hybridized carbons (Fsp3) is 0.300. The number of hydrogen-bond acceptors (Lipinski definition) is 7. The van der Waals surface area contributed by atoms with Gasteiger partial charge >= 0.3 is 5.97 Å². The van der Waals surface area contributed by atoms with E-state index in [9.17, 15) is 14.7 Å². The van der Waals surface area contributed by atoms with Crippen LogP contribution >= 0.6 is 11.6 Å². The minimum absolute atomic E-state index is 0.0992. The number of nitrogens with two attached hydrogens (primary N) is 1. The van der Waals surface area contributed by atoms with Crippen LogP contribution in [-0.4, -0.2) is 53.6 Å². The standard InChI is InChI=1S/C30H30ClN3O5/c1-38-29(36)23-5-2-6-26-24(23)18-19(22-11-12-25(27(32)35)33-28(22)39-26)4-3-15-34-16-13-30(37,14-17-34)20-7-9-21(31)10-8-20/h2,4-12,37H,3,13-18H2,1H3,(H2,32,35). The Morgan fingerprint density at radius 1 is 1.15 bits per heavy atom. The number of esters is 1. The SMILES string of the molecule is COC(=O)c1cccc2c1CC(=CCCN1CCC(O)(c3ccc(Cl)cc3)CC1)c1ccc(C(N)=O)nc1O2. The van der Waals surface area contributed by atoms with Gasteiger partial charge in [0.05, 0.1) is 18.3 Å². The molecule has 3 heterocycles. The Balaban J connectivity index is 1.36. The van der Waals surface area contributed by atoms with E-state index in [0.717, 1.165) is 42.8 Å². The summed E-state index contributed by atoms with van der Waals surface area (Å²) >= 11 is 6.01. The number of rotatable bonds is 6. The zero-order valence-electron chi connectivity index (χ0n) is 21.7. The van der Waals surface area contributed by atoms with Gasteiger partial charge in [-0.25, -0.2) is 9.78 Å². The number of ether oxygens (including phenoxy) is 2. The fourth-order valence-corrected chi connectivity index (χ4v) is 5.36. The summed E-state index contributed by atoms with van der Waals surface area (Å²) in [6.45, 7) is 2.33. The van der Waals surface area contributed by atoms with Gasteiger partial charge in [-0.2, -0.15) is 0 Å². The maximum absolute atomic E-state index is 12.5.